The molecule has 0 aromatic heterocycles. The molecule has 314 valence electrons. The molecular weight excluding hydrogens is 763 g/mol. The zero-order valence-corrected chi connectivity index (χ0v) is 33.8. The standard InChI is InChI=1S/C47H53N5O8/c1-30(37-17-11-16-34-29-36(60-2)23-24-38(34)37)43(54)49-25-10-9-18-40(45(56)52-42(47(58)59)28-33-19-21-35(53)22-20-33)50-46(57)41(27-32-14-7-4-8-15-32)51-44(55)39(48)26-31-12-5-3-6-13-31/h3-8,11-17,19-24,29-30,39-42,53H,9-10,18,25-28,48H2,1-2H3,(H,49,54)(H,50,57)(H,51,55)(H,52,56)(H,58,59)/t30-,39+,40+,41+,42+/m0/s1. The lowest BCUT2D eigenvalue weighted by Gasteiger charge is -2.25. The second kappa shape index (κ2) is 21.9. The van der Waals surface area contributed by atoms with Crippen molar-refractivity contribution in [3.8, 4) is 11.5 Å². The predicted octanol–water partition coefficient (Wildman–Crippen LogP) is 4.54. The van der Waals surface area contributed by atoms with Gasteiger partial charge in [0.25, 0.3) is 0 Å². The molecule has 0 spiro atoms. The number of ether oxygens (including phenoxy) is 1. The Labute approximate surface area is 349 Å². The molecule has 0 fully saturated rings. The highest BCUT2D eigenvalue weighted by molar-refractivity contribution is 5.95. The van der Waals surface area contributed by atoms with E-state index < -0.39 is 53.8 Å². The number of phenols is 1. The summed E-state index contributed by atoms with van der Waals surface area (Å²) < 4.78 is 5.35. The van der Waals surface area contributed by atoms with E-state index in [1.165, 1.54) is 12.1 Å². The van der Waals surface area contributed by atoms with E-state index in [4.69, 9.17) is 10.5 Å². The number of unbranched alkanes of at least 4 members (excludes halogenated alkanes) is 1. The molecule has 0 heterocycles. The average Bonchev–Trinajstić information content (AvgIpc) is 3.25. The lowest BCUT2D eigenvalue weighted by Crippen LogP contribution is -2.58. The Kier molecular flexibility index (Phi) is 16.2. The van der Waals surface area contributed by atoms with Crippen molar-refractivity contribution in [1.29, 1.82) is 0 Å². The number of carboxylic acid groups (broad SMARTS) is 1. The Balaban J connectivity index is 1.28. The maximum atomic E-state index is 14.1. The van der Waals surface area contributed by atoms with Gasteiger partial charge >= 0.3 is 5.97 Å². The number of hydrogen-bond acceptors (Lipinski definition) is 8. The van der Waals surface area contributed by atoms with Crippen LogP contribution in [0.4, 0.5) is 0 Å². The van der Waals surface area contributed by atoms with E-state index in [-0.39, 0.29) is 43.9 Å². The van der Waals surface area contributed by atoms with Crippen LogP contribution in [-0.2, 0) is 43.2 Å². The van der Waals surface area contributed by atoms with Gasteiger partial charge in [0.15, 0.2) is 0 Å². The van der Waals surface area contributed by atoms with Crippen LogP contribution in [0.2, 0.25) is 0 Å². The van der Waals surface area contributed by atoms with Crippen molar-refractivity contribution >= 4 is 40.4 Å². The number of carboxylic acids is 1. The van der Waals surface area contributed by atoms with Gasteiger partial charge in [0, 0.05) is 19.4 Å². The second-order valence-corrected chi connectivity index (χ2v) is 14.8. The predicted molar refractivity (Wildman–Crippen MR) is 229 cm³/mol. The highest BCUT2D eigenvalue weighted by atomic mass is 16.5. The molecule has 0 radical (unpaired) electrons. The van der Waals surface area contributed by atoms with E-state index >= 15 is 0 Å². The summed E-state index contributed by atoms with van der Waals surface area (Å²) in [6.07, 6.45) is 1.16. The molecule has 8 N–H and O–H groups in total. The van der Waals surface area contributed by atoms with Crippen molar-refractivity contribution in [3.63, 3.8) is 0 Å². The first-order valence-electron chi connectivity index (χ1n) is 20.0. The number of amides is 4. The number of carbonyl (C=O) groups is 5. The van der Waals surface area contributed by atoms with E-state index in [1.54, 1.807) is 19.2 Å². The fourth-order valence-electron chi connectivity index (χ4n) is 6.95. The van der Waals surface area contributed by atoms with Crippen LogP contribution in [0.3, 0.4) is 0 Å². The fraction of sp³-hybridized carbons (Fsp3) is 0.298. The number of benzene rings is 5. The molecule has 0 saturated heterocycles. The van der Waals surface area contributed by atoms with Crippen LogP contribution in [0.25, 0.3) is 10.8 Å². The monoisotopic (exact) mass is 815 g/mol. The van der Waals surface area contributed by atoms with Gasteiger partial charge in [-0.3, -0.25) is 19.2 Å². The minimum atomic E-state index is -1.35. The molecule has 13 nitrogen and oxygen atoms in total. The number of phenolic OH excluding ortho intramolecular Hbond substituents is 1. The summed E-state index contributed by atoms with van der Waals surface area (Å²) in [5.74, 6) is -3.13. The first kappa shape index (κ1) is 44.4. The van der Waals surface area contributed by atoms with Crippen LogP contribution in [0.15, 0.2) is 121 Å². The van der Waals surface area contributed by atoms with Crippen LogP contribution in [0, 0.1) is 0 Å². The molecule has 0 unspecified atom stereocenters. The van der Waals surface area contributed by atoms with Gasteiger partial charge in [0.2, 0.25) is 23.6 Å². The van der Waals surface area contributed by atoms with Crippen molar-refractivity contribution in [2.45, 2.75) is 75.5 Å². The molecule has 0 aliphatic heterocycles. The first-order valence-corrected chi connectivity index (χ1v) is 20.0. The van der Waals surface area contributed by atoms with Gasteiger partial charge < -0.3 is 42.0 Å². The number of nitrogens with one attached hydrogen (secondary N) is 4. The highest BCUT2D eigenvalue weighted by Gasteiger charge is 2.31. The molecule has 4 amide bonds. The van der Waals surface area contributed by atoms with Crippen LogP contribution in [0.1, 0.15) is 54.4 Å². The quantitative estimate of drug-likeness (QED) is 0.0518. The van der Waals surface area contributed by atoms with Crippen molar-refractivity contribution in [3.05, 3.63) is 144 Å². The van der Waals surface area contributed by atoms with E-state index in [0.29, 0.717) is 18.4 Å². The molecule has 0 aliphatic carbocycles. The average molecular weight is 816 g/mol. The Morgan fingerprint density at radius 3 is 1.87 bits per heavy atom. The SMILES string of the molecule is COc1ccc2c([C@H](C)C(=O)NCCCC[C@@H](NC(=O)[C@@H](Cc3ccccc3)NC(=O)[C@H](N)Cc3ccccc3)C(=O)N[C@H](Cc3ccc(O)cc3)C(=O)O)cccc2c1. The summed E-state index contributed by atoms with van der Waals surface area (Å²) in [5, 5.41) is 32.8. The van der Waals surface area contributed by atoms with Crippen molar-refractivity contribution < 1.29 is 38.9 Å². The number of carbonyl (C=O) groups excluding carboxylic acids is 4. The molecule has 5 aromatic rings. The van der Waals surface area contributed by atoms with Gasteiger partial charge in [-0.25, -0.2) is 4.79 Å². The van der Waals surface area contributed by atoms with Gasteiger partial charge in [-0.1, -0.05) is 97.1 Å². The Hall–Kier alpha value is -6.73. The molecule has 5 aromatic carbocycles. The Morgan fingerprint density at radius 2 is 1.22 bits per heavy atom. The van der Waals surface area contributed by atoms with E-state index in [2.05, 4.69) is 21.3 Å². The summed E-state index contributed by atoms with van der Waals surface area (Å²) >= 11 is 0. The number of fused-ring (bicyclic) bond motifs is 1. The Bertz CT molecular complexity index is 2220. The van der Waals surface area contributed by atoms with E-state index in [0.717, 1.165) is 33.2 Å². The van der Waals surface area contributed by atoms with Crippen LogP contribution < -0.4 is 31.7 Å². The summed E-state index contributed by atoms with van der Waals surface area (Å²) in [4.78, 5) is 67.0. The largest absolute Gasteiger partial charge is 0.508 e. The van der Waals surface area contributed by atoms with Gasteiger partial charge in [-0.2, -0.15) is 0 Å². The number of aliphatic carboxylic acids is 1. The third kappa shape index (κ3) is 12.9. The number of aromatic hydroxyl groups is 1. The number of methoxy groups -OCH3 is 1. The van der Waals surface area contributed by atoms with E-state index in [9.17, 15) is 34.2 Å². The lowest BCUT2D eigenvalue weighted by atomic mass is 9.94. The molecule has 5 atom stereocenters. The Morgan fingerprint density at radius 1 is 0.633 bits per heavy atom. The zero-order chi connectivity index (χ0) is 43.0. The second-order valence-electron chi connectivity index (χ2n) is 14.8. The minimum absolute atomic E-state index is 0.0101. The lowest BCUT2D eigenvalue weighted by molar-refractivity contribution is -0.142. The molecule has 0 bridgehead atoms. The van der Waals surface area contributed by atoms with Crippen molar-refractivity contribution in [2.75, 3.05) is 13.7 Å². The maximum Gasteiger partial charge on any atom is 0.326 e. The summed E-state index contributed by atoms with van der Waals surface area (Å²) in [7, 11) is 1.60. The third-order valence-corrected chi connectivity index (χ3v) is 10.4. The maximum absolute atomic E-state index is 14.1. The van der Waals surface area contributed by atoms with Crippen molar-refractivity contribution in [2.24, 2.45) is 5.73 Å². The number of rotatable bonds is 21. The minimum Gasteiger partial charge on any atom is -0.508 e. The van der Waals surface area contributed by atoms with Crippen molar-refractivity contribution in [1.82, 2.24) is 21.3 Å². The van der Waals surface area contributed by atoms with Crippen LogP contribution >= 0.6 is 0 Å². The van der Waals surface area contributed by atoms with Gasteiger partial charge in [0.1, 0.15) is 29.6 Å². The van der Waals surface area contributed by atoms with Gasteiger partial charge in [0.05, 0.1) is 19.1 Å². The van der Waals surface area contributed by atoms with Crippen LogP contribution in [0.5, 0.6) is 11.5 Å². The first-order chi connectivity index (χ1) is 28.9. The number of hydrogen-bond donors (Lipinski definition) is 7. The van der Waals surface area contributed by atoms with Gasteiger partial charge in [-0.15, -0.1) is 0 Å². The van der Waals surface area contributed by atoms with Crippen LogP contribution in [-0.4, -0.2) is 77.6 Å². The fourth-order valence-corrected chi connectivity index (χ4v) is 6.95. The molecule has 13 heteroatoms. The summed E-state index contributed by atoms with van der Waals surface area (Å²) in [6, 6.07) is 31.1. The smallest absolute Gasteiger partial charge is 0.326 e. The zero-order valence-electron chi connectivity index (χ0n) is 33.8. The molecular formula is C47H53N5O8. The molecule has 60 heavy (non-hydrogen) atoms. The topological polar surface area (TPSA) is 209 Å². The third-order valence-electron chi connectivity index (χ3n) is 10.4. The summed E-state index contributed by atoms with van der Waals surface area (Å²) in [6.45, 7) is 2.12. The molecule has 0 aliphatic rings. The molecule has 5 rings (SSSR count). The van der Waals surface area contributed by atoms with Gasteiger partial charge in [-0.05, 0) is 89.9 Å². The summed E-state index contributed by atoms with van der Waals surface area (Å²) in [5.41, 5.74) is 9.32. The number of nitrogens with two attached hydrogens (primary N) is 1. The molecule has 0 saturated carbocycles. The van der Waals surface area contributed by atoms with E-state index in [1.807, 2.05) is 104 Å². The normalized spacial score (nSPS) is 13.5. The highest BCUT2D eigenvalue weighted by Crippen LogP contribution is 2.28.